The van der Waals surface area contributed by atoms with Gasteiger partial charge in [0, 0.05) is 27.5 Å². The highest BCUT2D eigenvalue weighted by atomic mass is 35.5. The molecule has 3 heterocycles. The van der Waals surface area contributed by atoms with E-state index in [0.29, 0.717) is 16.2 Å². The fourth-order valence-electron chi connectivity index (χ4n) is 5.64. The molecule has 7 rings (SSSR count). The summed E-state index contributed by atoms with van der Waals surface area (Å²) in [7, 11) is 0. The summed E-state index contributed by atoms with van der Waals surface area (Å²) in [4.78, 5) is 18.4. The molecule has 2 aliphatic rings. The lowest BCUT2D eigenvalue weighted by Crippen LogP contribution is -2.28. The molecule has 1 fully saturated rings. The van der Waals surface area contributed by atoms with Gasteiger partial charge in [-0.3, -0.25) is 0 Å². The van der Waals surface area contributed by atoms with E-state index in [-0.39, 0.29) is 17.6 Å². The molecular weight excluding hydrogens is 561 g/mol. The van der Waals surface area contributed by atoms with Gasteiger partial charge in [0.05, 0.1) is 22.2 Å². The number of anilines is 1. The summed E-state index contributed by atoms with van der Waals surface area (Å²) < 4.78 is 5.59. The zero-order valence-electron chi connectivity index (χ0n) is 21.3. The van der Waals surface area contributed by atoms with E-state index >= 15 is 0 Å². The molecule has 1 aliphatic heterocycles. The Labute approximate surface area is 245 Å². The standard InChI is InChI=1S/C32H23Cl2N3O2S/c33-23-12-8-19(9-13-23)16-22-5-3-6-25-29(22)36-37(30(25)20-10-14-24(34)15-11-20)32-35-18-28(40-32)26-17-21-4-1-2-7-27(21)39-31(26)38/h1-2,4,7-18,25,30H,3,5-6H2/t25-,30+/m1/s1. The van der Waals surface area contributed by atoms with Crippen LogP contribution in [0.3, 0.4) is 0 Å². The van der Waals surface area contributed by atoms with Crippen LogP contribution in [0.4, 0.5) is 5.13 Å². The van der Waals surface area contributed by atoms with Crippen molar-refractivity contribution < 1.29 is 4.42 Å². The zero-order valence-corrected chi connectivity index (χ0v) is 23.6. The lowest BCUT2D eigenvalue weighted by Gasteiger charge is -2.29. The Kier molecular flexibility index (Phi) is 6.54. The van der Waals surface area contributed by atoms with Gasteiger partial charge >= 0.3 is 5.63 Å². The van der Waals surface area contributed by atoms with Crippen LogP contribution in [0, 0.1) is 5.92 Å². The van der Waals surface area contributed by atoms with Crippen molar-refractivity contribution in [3.63, 3.8) is 0 Å². The number of hydrazone groups is 1. The monoisotopic (exact) mass is 583 g/mol. The number of allylic oxidation sites excluding steroid dienone is 1. The van der Waals surface area contributed by atoms with E-state index in [9.17, 15) is 4.79 Å². The summed E-state index contributed by atoms with van der Waals surface area (Å²) in [5.41, 5.74) is 5.23. The maximum atomic E-state index is 12.9. The first-order valence-electron chi connectivity index (χ1n) is 13.1. The molecule has 0 bridgehead atoms. The maximum absolute atomic E-state index is 12.9. The molecule has 2 aromatic heterocycles. The summed E-state index contributed by atoms with van der Waals surface area (Å²) in [6, 6.07) is 25.2. The minimum absolute atomic E-state index is 0.0341. The van der Waals surface area contributed by atoms with E-state index in [4.69, 9.17) is 37.7 Å². The highest BCUT2D eigenvalue weighted by molar-refractivity contribution is 7.18. The van der Waals surface area contributed by atoms with Crippen LogP contribution in [0.5, 0.6) is 0 Å². The number of hydrogen-bond acceptors (Lipinski definition) is 6. The van der Waals surface area contributed by atoms with Gasteiger partial charge in [-0.25, -0.2) is 14.8 Å². The lowest BCUT2D eigenvalue weighted by molar-refractivity contribution is 0.487. The van der Waals surface area contributed by atoms with Gasteiger partial charge in [0.1, 0.15) is 5.58 Å². The summed E-state index contributed by atoms with van der Waals surface area (Å²) in [5, 5.41) is 10.2. The maximum Gasteiger partial charge on any atom is 0.345 e. The number of rotatable bonds is 4. The zero-order chi connectivity index (χ0) is 27.2. The Hall–Kier alpha value is -3.71. The van der Waals surface area contributed by atoms with Crippen molar-refractivity contribution in [3.8, 4) is 10.4 Å². The summed E-state index contributed by atoms with van der Waals surface area (Å²) >= 11 is 13.8. The van der Waals surface area contributed by atoms with Crippen molar-refractivity contribution in [2.75, 3.05) is 5.01 Å². The molecule has 5 nitrogen and oxygen atoms in total. The van der Waals surface area contributed by atoms with Gasteiger partial charge in [0.15, 0.2) is 0 Å². The number of fused-ring (bicyclic) bond motifs is 2. The first kappa shape index (κ1) is 25.3. The first-order valence-corrected chi connectivity index (χ1v) is 14.7. The Morgan fingerprint density at radius 2 is 1.73 bits per heavy atom. The van der Waals surface area contributed by atoms with E-state index in [0.717, 1.165) is 56.5 Å². The predicted molar refractivity (Wildman–Crippen MR) is 164 cm³/mol. The number of nitrogens with zero attached hydrogens (tertiary/aromatic N) is 3. The Morgan fingerprint density at radius 3 is 2.52 bits per heavy atom. The fourth-order valence-corrected chi connectivity index (χ4v) is 6.80. The number of thiazole rings is 1. The first-order chi connectivity index (χ1) is 19.5. The third kappa shape index (κ3) is 4.66. The van der Waals surface area contributed by atoms with Crippen molar-refractivity contribution in [2.45, 2.75) is 25.3 Å². The molecule has 0 N–H and O–H groups in total. The van der Waals surface area contributed by atoms with Gasteiger partial charge in [-0.15, -0.1) is 0 Å². The van der Waals surface area contributed by atoms with Crippen LogP contribution in [0.15, 0.2) is 105 Å². The van der Waals surface area contributed by atoms with Gasteiger partial charge in [-0.2, -0.15) is 5.10 Å². The molecule has 198 valence electrons. The molecule has 0 unspecified atom stereocenters. The van der Waals surface area contributed by atoms with Crippen LogP contribution in [-0.4, -0.2) is 10.7 Å². The largest absolute Gasteiger partial charge is 0.422 e. The minimum atomic E-state index is -0.377. The topological polar surface area (TPSA) is 58.7 Å². The molecule has 0 saturated heterocycles. The highest BCUT2D eigenvalue weighted by Crippen LogP contribution is 2.47. The summed E-state index contributed by atoms with van der Waals surface area (Å²) in [6.45, 7) is 0. The molecule has 0 radical (unpaired) electrons. The van der Waals surface area contributed by atoms with Gasteiger partial charge in [0.25, 0.3) is 0 Å². The fraction of sp³-hybridized carbons (Fsp3) is 0.156. The molecule has 5 aromatic rings. The number of halogens is 2. The molecule has 0 spiro atoms. The minimum Gasteiger partial charge on any atom is -0.422 e. The third-order valence-corrected chi connectivity index (χ3v) is 9.04. The van der Waals surface area contributed by atoms with Crippen LogP contribution in [0.1, 0.15) is 36.4 Å². The number of aromatic nitrogens is 1. The van der Waals surface area contributed by atoms with Crippen molar-refractivity contribution in [1.82, 2.24) is 4.98 Å². The van der Waals surface area contributed by atoms with E-state index < -0.39 is 0 Å². The SMILES string of the molecule is O=c1oc2ccccc2cc1-c1cnc(N2N=C3C(=Cc4ccc(Cl)cc4)CCC[C@H]3[C@@H]2c2ccc(Cl)cc2)s1. The molecule has 0 amide bonds. The smallest absolute Gasteiger partial charge is 0.345 e. The molecule has 3 aromatic carbocycles. The molecule has 2 atom stereocenters. The quantitative estimate of drug-likeness (QED) is 0.198. The van der Waals surface area contributed by atoms with Crippen LogP contribution < -0.4 is 10.6 Å². The van der Waals surface area contributed by atoms with E-state index in [2.05, 4.69) is 18.2 Å². The Morgan fingerprint density at radius 1 is 0.975 bits per heavy atom. The van der Waals surface area contributed by atoms with Crippen molar-refractivity contribution in [2.24, 2.45) is 11.0 Å². The number of hydrogen-bond donors (Lipinski definition) is 0. The van der Waals surface area contributed by atoms with Crippen LogP contribution >= 0.6 is 34.5 Å². The second-order valence-corrected chi connectivity index (χ2v) is 11.9. The van der Waals surface area contributed by atoms with Crippen LogP contribution in [0.25, 0.3) is 27.5 Å². The van der Waals surface area contributed by atoms with Gasteiger partial charge in [0.2, 0.25) is 5.13 Å². The van der Waals surface area contributed by atoms with Crippen LogP contribution in [0.2, 0.25) is 10.0 Å². The molecule has 40 heavy (non-hydrogen) atoms. The van der Waals surface area contributed by atoms with Gasteiger partial charge in [-0.1, -0.05) is 77.0 Å². The Bertz CT molecular complexity index is 1840. The highest BCUT2D eigenvalue weighted by Gasteiger charge is 2.43. The predicted octanol–water partition coefficient (Wildman–Crippen LogP) is 9.02. The lowest BCUT2D eigenvalue weighted by atomic mass is 9.77. The normalized spacial score (nSPS) is 19.7. The van der Waals surface area contributed by atoms with Gasteiger partial charge < -0.3 is 4.42 Å². The van der Waals surface area contributed by atoms with Crippen molar-refractivity contribution >= 4 is 62.4 Å². The average molecular weight is 585 g/mol. The molecule has 8 heteroatoms. The Balaban J connectivity index is 1.31. The van der Waals surface area contributed by atoms with Gasteiger partial charge in [-0.05, 0) is 78.4 Å². The molecule has 1 saturated carbocycles. The van der Waals surface area contributed by atoms with E-state index in [1.807, 2.05) is 65.7 Å². The van der Waals surface area contributed by atoms with Crippen molar-refractivity contribution in [3.05, 3.63) is 122 Å². The summed E-state index contributed by atoms with van der Waals surface area (Å²) in [5.74, 6) is 0.201. The third-order valence-electron chi connectivity index (χ3n) is 7.52. The molecular formula is C32H23Cl2N3O2S. The summed E-state index contributed by atoms with van der Waals surface area (Å²) in [6.07, 6.45) is 7.01. The van der Waals surface area contributed by atoms with E-state index in [1.54, 1.807) is 12.3 Å². The number of benzene rings is 3. The second-order valence-electron chi connectivity index (χ2n) is 10.0. The number of para-hydroxylation sites is 1. The average Bonchev–Trinajstić information content (AvgIpc) is 3.60. The molecule has 1 aliphatic carbocycles. The van der Waals surface area contributed by atoms with Crippen LogP contribution in [-0.2, 0) is 0 Å². The van der Waals surface area contributed by atoms with E-state index in [1.165, 1.54) is 16.9 Å². The second kappa shape index (κ2) is 10.4. The van der Waals surface area contributed by atoms with Crippen molar-refractivity contribution in [1.29, 1.82) is 0 Å².